The normalized spacial score (nSPS) is 18.1. The number of ether oxygens (including phenoxy) is 1. The predicted molar refractivity (Wildman–Crippen MR) is 78.9 cm³/mol. The van der Waals surface area contributed by atoms with Gasteiger partial charge in [-0.15, -0.1) is 0 Å². The molecule has 7 heteroatoms. The van der Waals surface area contributed by atoms with Crippen molar-refractivity contribution in [1.29, 1.82) is 5.26 Å². The Kier molecular flexibility index (Phi) is 4.52. The van der Waals surface area contributed by atoms with Crippen molar-refractivity contribution < 1.29 is 13.2 Å². The molecule has 0 bridgehead atoms. The highest BCUT2D eigenvalue weighted by Crippen LogP contribution is 2.29. The quantitative estimate of drug-likeness (QED) is 0.814. The molecule has 2 rings (SSSR count). The molecule has 1 aromatic carbocycles. The lowest BCUT2D eigenvalue weighted by atomic mass is 9.83. The Bertz CT molecular complexity index is 659. The average molecular weight is 309 g/mol. The first-order valence-corrected chi connectivity index (χ1v) is 8.22. The highest BCUT2D eigenvalue weighted by Gasteiger charge is 2.30. The number of hydrogen-bond acceptors (Lipinski definition) is 5. The van der Waals surface area contributed by atoms with E-state index in [1.54, 1.807) is 0 Å². The molecule has 1 fully saturated rings. The molecule has 3 N–H and O–H groups in total. The van der Waals surface area contributed by atoms with Crippen molar-refractivity contribution in [3.63, 3.8) is 0 Å². The first kappa shape index (κ1) is 15.8. The topological polar surface area (TPSA) is 105 Å². The number of benzene rings is 1. The van der Waals surface area contributed by atoms with E-state index < -0.39 is 10.0 Å². The van der Waals surface area contributed by atoms with Crippen molar-refractivity contribution in [2.45, 2.75) is 24.7 Å². The third-order valence-electron chi connectivity index (χ3n) is 3.80. The predicted octanol–water partition coefficient (Wildman–Crippen LogP) is 1.24. The molecular formula is C14H19N3O3S. The molecule has 21 heavy (non-hydrogen) atoms. The Morgan fingerprint density at radius 1 is 1.43 bits per heavy atom. The summed E-state index contributed by atoms with van der Waals surface area (Å²) >= 11 is 0. The number of rotatable bonds is 4. The Balaban J connectivity index is 2.17. The lowest BCUT2D eigenvalue weighted by Gasteiger charge is -2.33. The standard InChI is InChI=1S/C14H19N3O3S/c1-14(4-6-20-7-5-14)10-17-21(18,19)13-3-2-12(16)8-11(13)9-15/h2-3,8,17H,4-7,10,16H2,1H3. The zero-order valence-corrected chi connectivity index (χ0v) is 12.7. The van der Waals surface area contributed by atoms with Gasteiger partial charge in [-0.25, -0.2) is 13.1 Å². The van der Waals surface area contributed by atoms with Crippen LogP contribution < -0.4 is 10.5 Å². The number of hydrogen-bond donors (Lipinski definition) is 2. The zero-order valence-electron chi connectivity index (χ0n) is 11.9. The van der Waals surface area contributed by atoms with E-state index in [1.807, 2.05) is 13.0 Å². The van der Waals surface area contributed by atoms with Crippen LogP contribution in [0.25, 0.3) is 0 Å². The molecule has 0 unspecified atom stereocenters. The maximum atomic E-state index is 12.4. The molecule has 0 spiro atoms. The summed E-state index contributed by atoms with van der Waals surface area (Å²) in [5.74, 6) is 0. The highest BCUT2D eigenvalue weighted by atomic mass is 32.2. The van der Waals surface area contributed by atoms with Crippen LogP contribution in [0.15, 0.2) is 23.1 Å². The third-order valence-corrected chi connectivity index (χ3v) is 5.26. The van der Waals surface area contributed by atoms with Gasteiger partial charge in [-0.05, 0) is 36.5 Å². The molecule has 114 valence electrons. The minimum absolute atomic E-state index is 0.0325. The van der Waals surface area contributed by atoms with Crippen molar-refractivity contribution in [3.05, 3.63) is 23.8 Å². The summed E-state index contributed by atoms with van der Waals surface area (Å²) in [7, 11) is -3.73. The molecule has 6 nitrogen and oxygen atoms in total. The second-order valence-electron chi connectivity index (χ2n) is 5.61. The van der Waals surface area contributed by atoms with Crippen molar-refractivity contribution >= 4 is 15.7 Å². The molecule has 1 aliphatic heterocycles. The van der Waals surface area contributed by atoms with E-state index in [0.717, 1.165) is 12.8 Å². The minimum Gasteiger partial charge on any atom is -0.399 e. The van der Waals surface area contributed by atoms with Crippen molar-refractivity contribution in [2.75, 3.05) is 25.5 Å². The molecule has 0 aliphatic carbocycles. The zero-order chi connectivity index (χ0) is 15.5. The fourth-order valence-electron chi connectivity index (χ4n) is 2.26. The number of sulfonamides is 1. The summed E-state index contributed by atoms with van der Waals surface area (Å²) < 4.78 is 32.6. The summed E-state index contributed by atoms with van der Waals surface area (Å²) in [4.78, 5) is -0.0325. The van der Waals surface area contributed by atoms with Crippen LogP contribution in [0.2, 0.25) is 0 Å². The van der Waals surface area contributed by atoms with E-state index in [0.29, 0.717) is 25.4 Å². The number of nitriles is 1. The van der Waals surface area contributed by atoms with Crippen LogP contribution in [0.3, 0.4) is 0 Å². The summed E-state index contributed by atoms with van der Waals surface area (Å²) in [6.07, 6.45) is 1.62. The molecule has 1 aliphatic rings. The molecule has 1 heterocycles. The lowest BCUT2D eigenvalue weighted by Crippen LogP contribution is -2.39. The molecule has 1 aromatic rings. The van der Waals surface area contributed by atoms with Gasteiger partial charge in [-0.2, -0.15) is 5.26 Å². The number of anilines is 1. The van der Waals surface area contributed by atoms with Crippen LogP contribution >= 0.6 is 0 Å². The van der Waals surface area contributed by atoms with Crippen LogP contribution in [0, 0.1) is 16.7 Å². The van der Waals surface area contributed by atoms with Gasteiger partial charge in [0, 0.05) is 25.4 Å². The van der Waals surface area contributed by atoms with E-state index in [9.17, 15) is 8.42 Å². The van der Waals surface area contributed by atoms with E-state index in [-0.39, 0.29) is 15.9 Å². The van der Waals surface area contributed by atoms with Gasteiger partial charge in [-0.1, -0.05) is 6.92 Å². The molecule has 1 saturated heterocycles. The molecule has 0 aromatic heterocycles. The Hall–Kier alpha value is -1.62. The Morgan fingerprint density at radius 3 is 2.71 bits per heavy atom. The van der Waals surface area contributed by atoms with Gasteiger partial charge in [0.05, 0.1) is 10.5 Å². The smallest absolute Gasteiger partial charge is 0.241 e. The highest BCUT2D eigenvalue weighted by molar-refractivity contribution is 7.89. The lowest BCUT2D eigenvalue weighted by molar-refractivity contribution is 0.0264. The summed E-state index contributed by atoms with van der Waals surface area (Å²) in [5.41, 5.74) is 5.88. The van der Waals surface area contributed by atoms with Gasteiger partial charge in [-0.3, -0.25) is 0 Å². The summed E-state index contributed by atoms with van der Waals surface area (Å²) in [5, 5.41) is 9.06. The minimum atomic E-state index is -3.73. The van der Waals surface area contributed by atoms with Gasteiger partial charge < -0.3 is 10.5 Å². The van der Waals surface area contributed by atoms with Gasteiger partial charge in [0.25, 0.3) is 0 Å². The largest absolute Gasteiger partial charge is 0.399 e. The second-order valence-corrected chi connectivity index (χ2v) is 7.35. The SMILES string of the molecule is CC1(CNS(=O)(=O)c2ccc(N)cc2C#N)CCOCC1. The molecule has 0 atom stereocenters. The second kappa shape index (κ2) is 6.02. The maximum Gasteiger partial charge on any atom is 0.241 e. The van der Waals surface area contributed by atoms with E-state index in [1.165, 1.54) is 18.2 Å². The van der Waals surface area contributed by atoms with Crippen molar-refractivity contribution in [2.24, 2.45) is 5.41 Å². The van der Waals surface area contributed by atoms with Crippen LogP contribution in [0.1, 0.15) is 25.3 Å². The van der Waals surface area contributed by atoms with Crippen molar-refractivity contribution in [1.82, 2.24) is 4.72 Å². The summed E-state index contributed by atoms with van der Waals surface area (Å²) in [6.45, 7) is 3.65. The number of nitrogen functional groups attached to an aromatic ring is 1. The van der Waals surface area contributed by atoms with Crippen LogP contribution in [0.4, 0.5) is 5.69 Å². The Morgan fingerprint density at radius 2 is 2.10 bits per heavy atom. The molecule has 0 radical (unpaired) electrons. The molecular weight excluding hydrogens is 290 g/mol. The van der Waals surface area contributed by atoms with Gasteiger partial charge in [0.2, 0.25) is 10.0 Å². The monoisotopic (exact) mass is 309 g/mol. The van der Waals surface area contributed by atoms with Gasteiger partial charge >= 0.3 is 0 Å². The Labute approximate surface area is 125 Å². The van der Waals surface area contributed by atoms with E-state index in [4.69, 9.17) is 15.7 Å². The molecule has 0 saturated carbocycles. The average Bonchev–Trinajstić information content (AvgIpc) is 2.46. The third kappa shape index (κ3) is 3.73. The van der Waals surface area contributed by atoms with Gasteiger partial charge in [0.1, 0.15) is 6.07 Å². The van der Waals surface area contributed by atoms with Crippen LogP contribution in [0.5, 0.6) is 0 Å². The van der Waals surface area contributed by atoms with E-state index >= 15 is 0 Å². The number of nitrogens with one attached hydrogen (secondary N) is 1. The maximum absolute atomic E-state index is 12.4. The van der Waals surface area contributed by atoms with Crippen LogP contribution in [-0.4, -0.2) is 28.2 Å². The van der Waals surface area contributed by atoms with E-state index in [2.05, 4.69) is 4.72 Å². The number of nitrogens with two attached hydrogens (primary N) is 1. The van der Waals surface area contributed by atoms with Crippen molar-refractivity contribution in [3.8, 4) is 6.07 Å². The van der Waals surface area contributed by atoms with Crippen LogP contribution in [-0.2, 0) is 14.8 Å². The van der Waals surface area contributed by atoms with Gasteiger partial charge in [0.15, 0.2) is 0 Å². The first-order valence-electron chi connectivity index (χ1n) is 6.73. The fourth-order valence-corrected chi connectivity index (χ4v) is 3.59. The number of nitrogens with zero attached hydrogens (tertiary/aromatic N) is 1. The first-order chi connectivity index (χ1) is 9.86. The summed E-state index contributed by atoms with van der Waals surface area (Å²) in [6, 6.07) is 6.08. The molecule has 0 amide bonds. The fraction of sp³-hybridized carbons (Fsp3) is 0.500.